The third kappa shape index (κ3) is 8.14. The third-order valence-corrected chi connectivity index (χ3v) is 6.29. The highest BCUT2D eigenvalue weighted by Crippen LogP contribution is 2.23. The lowest BCUT2D eigenvalue weighted by atomic mass is 9.88. The van der Waals surface area contributed by atoms with Crippen molar-refractivity contribution in [3.05, 3.63) is 0 Å². The van der Waals surface area contributed by atoms with E-state index in [-0.39, 0.29) is 18.4 Å². The fraction of sp³-hybridized carbons (Fsp3) is 0.938. The molecule has 0 bridgehead atoms. The van der Waals surface area contributed by atoms with Crippen LogP contribution in [-0.4, -0.2) is 45.8 Å². The average Bonchev–Trinajstić information content (AvgIpc) is 2.50. The summed E-state index contributed by atoms with van der Waals surface area (Å²) in [7, 11) is -3.53. The van der Waals surface area contributed by atoms with Crippen molar-refractivity contribution in [1.29, 1.82) is 0 Å². The highest BCUT2D eigenvalue weighted by atomic mass is 35.5. The van der Waals surface area contributed by atoms with Crippen LogP contribution in [0.15, 0.2) is 0 Å². The van der Waals surface area contributed by atoms with Gasteiger partial charge in [0.05, 0.1) is 0 Å². The van der Waals surface area contributed by atoms with Crippen LogP contribution in [0.2, 0.25) is 0 Å². The summed E-state index contributed by atoms with van der Waals surface area (Å²) in [6.45, 7) is 4.82. The number of hydrogen-bond donors (Lipinski definition) is 3. The zero-order chi connectivity index (χ0) is 16.7. The Morgan fingerprint density at radius 1 is 1.17 bits per heavy atom. The molecule has 0 aromatic carbocycles. The van der Waals surface area contributed by atoms with Crippen molar-refractivity contribution in [3.63, 3.8) is 0 Å². The third-order valence-electron chi connectivity index (χ3n) is 4.96. The predicted octanol–water partition coefficient (Wildman–Crippen LogP) is 1.41. The Morgan fingerprint density at radius 3 is 2.50 bits per heavy atom. The van der Waals surface area contributed by atoms with Crippen molar-refractivity contribution in [2.75, 3.05) is 25.4 Å². The first-order valence-corrected chi connectivity index (χ1v) is 10.6. The Bertz CT molecular complexity index is 473. The van der Waals surface area contributed by atoms with Gasteiger partial charge in [0.2, 0.25) is 15.9 Å². The number of hydrogen-bond acceptors (Lipinski definition) is 4. The van der Waals surface area contributed by atoms with Crippen LogP contribution in [0.25, 0.3) is 0 Å². The van der Waals surface area contributed by atoms with Crippen molar-refractivity contribution in [3.8, 4) is 0 Å². The number of carbonyl (C=O) groups is 1. The molecule has 0 radical (unpaired) electrons. The van der Waals surface area contributed by atoms with Crippen LogP contribution in [-0.2, 0) is 14.8 Å². The van der Waals surface area contributed by atoms with E-state index in [1.165, 1.54) is 12.8 Å². The van der Waals surface area contributed by atoms with Gasteiger partial charge in [0.15, 0.2) is 0 Å². The fourth-order valence-corrected chi connectivity index (χ4v) is 4.76. The van der Waals surface area contributed by atoms with Crippen LogP contribution in [0.5, 0.6) is 0 Å². The van der Waals surface area contributed by atoms with E-state index < -0.39 is 21.7 Å². The molecular weight excluding hydrogens is 350 g/mol. The van der Waals surface area contributed by atoms with Gasteiger partial charge >= 0.3 is 0 Å². The van der Waals surface area contributed by atoms with Gasteiger partial charge in [-0.15, -0.1) is 12.4 Å². The minimum Gasteiger partial charge on any atom is -0.355 e. The van der Waals surface area contributed by atoms with Gasteiger partial charge in [0, 0.05) is 12.6 Å². The van der Waals surface area contributed by atoms with E-state index in [1.807, 2.05) is 0 Å². The standard InChI is InChI=1S/C16H31N3O3S.ClH/c1-13-4-6-15(7-5-13)19-23(21,22)12-16(20)18-10-8-14-3-2-9-17-11-14;/h13-15,17,19H,2-12H2,1H3,(H,18,20);1H. The first-order valence-electron chi connectivity index (χ1n) is 8.92. The summed E-state index contributed by atoms with van der Waals surface area (Å²) in [6, 6.07) is -0.00249. The van der Waals surface area contributed by atoms with Crippen molar-refractivity contribution in [1.82, 2.24) is 15.4 Å². The molecule has 24 heavy (non-hydrogen) atoms. The molecule has 2 rings (SSSR count). The van der Waals surface area contributed by atoms with Gasteiger partial charge < -0.3 is 10.6 Å². The summed E-state index contributed by atoms with van der Waals surface area (Å²) in [5, 5.41) is 6.09. The second kappa shape index (κ2) is 10.6. The number of carbonyl (C=O) groups excluding carboxylic acids is 1. The highest BCUT2D eigenvalue weighted by Gasteiger charge is 2.24. The van der Waals surface area contributed by atoms with Gasteiger partial charge in [-0.05, 0) is 69.9 Å². The highest BCUT2D eigenvalue weighted by molar-refractivity contribution is 7.90. The summed E-state index contributed by atoms with van der Waals surface area (Å²) in [6.07, 6.45) is 7.11. The van der Waals surface area contributed by atoms with E-state index in [0.29, 0.717) is 18.4 Å². The maximum Gasteiger partial charge on any atom is 0.236 e. The first kappa shape index (κ1) is 21.7. The Morgan fingerprint density at radius 2 is 1.88 bits per heavy atom. The molecule has 1 heterocycles. The van der Waals surface area contributed by atoms with E-state index in [2.05, 4.69) is 22.3 Å². The molecule has 1 aliphatic carbocycles. The maximum absolute atomic E-state index is 12.1. The van der Waals surface area contributed by atoms with Crippen LogP contribution in [0.4, 0.5) is 0 Å². The molecule has 0 spiro atoms. The van der Waals surface area contributed by atoms with Crippen LogP contribution in [0.3, 0.4) is 0 Å². The molecular formula is C16H32ClN3O3S. The Balaban J connectivity index is 0.00000288. The Kier molecular flexibility index (Phi) is 9.56. The number of halogens is 1. The molecule has 1 saturated carbocycles. The fourth-order valence-electron chi connectivity index (χ4n) is 3.48. The van der Waals surface area contributed by atoms with Crippen LogP contribution in [0, 0.1) is 11.8 Å². The summed E-state index contributed by atoms with van der Waals surface area (Å²) in [5.74, 6) is 0.406. The van der Waals surface area contributed by atoms with E-state index in [9.17, 15) is 13.2 Å². The second-order valence-electron chi connectivity index (χ2n) is 7.18. The van der Waals surface area contributed by atoms with Crippen molar-refractivity contribution in [2.45, 2.75) is 57.9 Å². The molecule has 1 aliphatic heterocycles. The van der Waals surface area contributed by atoms with Gasteiger partial charge in [-0.2, -0.15) is 0 Å². The Labute approximate surface area is 152 Å². The number of nitrogens with one attached hydrogen (secondary N) is 3. The monoisotopic (exact) mass is 381 g/mol. The van der Waals surface area contributed by atoms with Gasteiger partial charge in [-0.3, -0.25) is 4.79 Å². The quantitative estimate of drug-likeness (QED) is 0.622. The SMILES string of the molecule is CC1CCC(NS(=O)(=O)CC(=O)NCCC2CCCNC2)CC1.Cl. The molecule has 2 aliphatic rings. The summed E-state index contributed by atoms with van der Waals surface area (Å²) in [4.78, 5) is 11.8. The molecule has 2 fully saturated rings. The van der Waals surface area contributed by atoms with Crippen LogP contribution < -0.4 is 15.4 Å². The largest absolute Gasteiger partial charge is 0.355 e. The lowest BCUT2D eigenvalue weighted by Crippen LogP contribution is -2.43. The lowest BCUT2D eigenvalue weighted by Gasteiger charge is -2.26. The topological polar surface area (TPSA) is 87.3 Å². The Hall–Kier alpha value is -0.370. The molecule has 1 unspecified atom stereocenters. The number of sulfonamides is 1. The van der Waals surface area contributed by atoms with Gasteiger partial charge in [-0.25, -0.2) is 13.1 Å². The summed E-state index contributed by atoms with van der Waals surface area (Å²) >= 11 is 0. The molecule has 8 heteroatoms. The number of rotatable bonds is 7. The normalized spacial score (nSPS) is 28.0. The maximum atomic E-state index is 12.1. The van der Waals surface area contributed by atoms with E-state index in [4.69, 9.17) is 0 Å². The molecule has 3 N–H and O–H groups in total. The van der Waals surface area contributed by atoms with E-state index >= 15 is 0 Å². The lowest BCUT2D eigenvalue weighted by molar-refractivity contribution is -0.118. The van der Waals surface area contributed by atoms with Crippen molar-refractivity contribution >= 4 is 28.3 Å². The number of amides is 1. The molecule has 1 atom stereocenters. The minimum atomic E-state index is -3.53. The average molecular weight is 382 g/mol. The van der Waals surface area contributed by atoms with Gasteiger partial charge in [0.1, 0.15) is 5.75 Å². The minimum absolute atomic E-state index is 0. The zero-order valence-electron chi connectivity index (χ0n) is 14.6. The van der Waals surface area contributed by atoms with E-state index in [1.54, 1.807) is 0 Å². The molecule has 142 valence electrons. The van der Waals surface area contributed by atoms with Crippen molar-refractivity contribution in [2.24, 2.45) is 11.8 Å². The predicted molar refractivity (Wildman–Crippen MR) is 98.8 cm³/mol. The summed E-state index contributed by atoms with van der Waals surface area (Å²) < 4.78 is 26.8. The molecule has 0 aromatic rings. The first-order chi connectivity index (χ1) is 10.9. The van der Waals surface area contributed by atoms with Gasteiger partial charge in [0.25, 0.3) is 0 Å². The second-order valence-corrected chi connectivity index (χ2v) is 8.94. The molecule has 0 aromatic heterocycles. The smallest absolute Gasteiger partial charge is 0.236 e. The van der Waals surface area contributed by atoms with E-state index in [0.717, 1.165) is 45.2 Å². The molecule has 6 nitrogen and oxygen atoms in total. The van der Waals surface area contributed by atoms with Crippen molar-refractivity contribution < 1.29 is 13.2 Å². The molecule has 1 saturated heterocycles. The molecule has 1 amide bonds. The number of piperidine rings is 1. The van der Waals surface area contributed by atoms with Crippen LogP contribution in [0.1, 0.15) is 51.9 Å². The van der Waals surface area contributed by atoms with Crippen LogP contribution >= 0.6 is 12.4 Å². The summed E-state index contributed by atoms with van der Waals surface area (Å²) in [5.41, 5.74) is 0. The zero-order valence-corrected chi connectivity index (χ0v) is 16.2. The van der Waals surface area contributed by atoms with Gasteiger partial charge in [-0.1, -0.05) is 6.92 Å².